The molecule has 0 spiro atoms. The number of carbonyl (C=O) groups excluding carboxylic acids is 1. The van der Waals surface area contributed by atoms with E-state index in [1.807, 2.05) is 0 Å². The molecule has 0 bridgehead atoms. The van der Waals surface area contributed by atoms with E-state index in [4.69, 9.17) is 11.6 Å². The zero-order chi connectivity index (χ0) is 11.4. The average Bonchev–Trinajstić information content (AvgIpc) is 2.02. The van der Waals surface area contributed by atoms with E-state index in [-0.39, 0.29) is 5.04 Å². The summed E-state index contributed by atoms with van der Waals surface area (Å²) in [5.41, 5.74) is 0. The first kappa shape index (κ1) is 14.2. The van der Waals surface area contributed by atoms with Crippen LogP contribution in [0.5, 0.6) is 0 Å². The summed E-state index contributed by atoms with van der Waals surface area (Å²) >= 11 is 5.59. The van der Waals surface area contributed by atoms with Gasteiger partial charge in [0.25, 0.3) is 0 Å². The first-order valence-corrected chi connectivity index (χ1v) is 8.86. The lowest BCUT2D eigenvalue weighted by Crippen LogP contribution is -2.46. The van der Waals surface area contributed by atoms with Gasteiger partial charge in [0, 0.05) is 12.3 Å². The monoisotopic (exact) mass is 234 g/mol. The molecule has 0 heterocycles. The Hall–Kier alpha value is 0.177. The Labute approximate surface area is 94.2 Å². The largest absolute Gasteiger partial charge is 0.305 e. The number of halogens is 1. The maximum atomic E-state index is 12.0. The van der Waals surface area contributed by atoms with Gasteiger partial charge in [0.05, 0.1) is 0 Å². The molecule has 0 radical (unpaired) electrons. The second kappa shape index (κ2) is 5.31. The standard InChI is InChI=1S/C11H23ClOSi/c1-11(2,3)14(4,5)10(13)8-6-7-9-12/h6-9H2,1-5H3. The highest BCUT2D eigenvalue weighted by Crippen LogP contribution is 2.37. The van der Waals surface area contributed by atoms with Crippen LogP contribution >= 0.6 is 11.6 Å². The second-order valence-corrected chi connectivity index (χ2v) is 11.1. The Morgan fingerprint density at radius 2 is 1.71 bits per heavy atom. The molecule has 0 fully saturated rings. The Bertz CT molecular complexity index is 194. The van der Waals surface area contributed by atoms with Gasteiger partial charge in [-0.05, 0) is 17.9 Å². The molecule has 0 aliphatic rings. The highest BCUT2D eigenvalue weighted by molar-refractivity contribution is 7.06. The second-order valence-electron chi connectivity index (χ2n) is 5.44. The first-order valence-electron chi connectivity index (χ1n) is 5.32. The number of unbranched alkanes of at least 4 members (excludes halogenated alkanes) is 1. The molecule has 0 rings (SSSR count). The highest BCUT2D eigenvalue weighted by atomic mass is 35.5. The Kier molecular flexibility index (Phi) is 5.38. The van der Waals surface area contributed by atoms with Crippen LogP contribution in [0.1, 0.15) is 40.0 Å². The molecule has 0 unspecified atom stereocenters. The number of alkyl halides is 1. The van der Waals surface area contributed by atoms with E-state index in [9.17, 15) is 4.79 Å². The third kappa shape index (κ3) is 3.74. The molecule has 84 valence electrons. The van der Waals surface area contributed by atoms with Crippen LogP contribution in [0.2, 0.25) is 18.1 Å². The van der Waals surface area contributed by atoms with Crippen molar-refractivity contribution in [3.8, 4) is 0 Å². The zero-order valence-corrected chi connectivity index (χ0v) is 11.9. The number of hydrogen-bond acceptors (Lipinski definition) is 1. The van der Waals surface area contributed by atoms with E-state index < -0.39 is 8.07 Å². The summed E-state index contributed by atoms with van der Waals surface area (Å²) in [6.45, 7) is 10.9. The van der Waals surface area contributed by atoms with E-state index in [0.29, 0.717) is 11.3 Å². The van der Waals surface area contributed by atoms with Crippen molar-refractivity contribution >= 4 is 25.1 Å². The van der Waals surface area contributed by atoms with Crippen molar-refractivity contribution < 1.29 is 4.79 Å². The molecule has 0 aliphatic carbocycles. The molecule has 0 aliphatic heterocycles. The summed E-state index contributed by atoms with van der Waals surface area (Å²) in [5.74, 6) is 0.671. The van der Waals surface area contributed by atoms with E-state index in [1.165, 1.54) is 0 Å². The molecule has 0 aromatic carbocycles. The highest BCUT2D eigenvalue weighted by Gasteiger charge is 2.41. The quantitative estimate of drug-likeness (QED) is 0.399. The molecule has 0 amide bonds. The van der Waals surface area contributed by atoms with Crippen molar-refractivity contribution in [2.24, 2.45) is 0 Å². The zero-order valence-electron chi connectivity index (χ0n) is 10.1. The van der Waals surface area contributed by atoms with Crippen molar-refractivity contribution in [1.29, 1.82) is 0 Å². The van der Waals surface area contributed by atoms with Gasteiger partial charge in [-0.25, -0.2) is 0 Å². The summed E-state index contributed by atoms with van der Waals surface area (Å²) < 4.78 is 0. The smallest absolute Gasteiger partial charge is 0.132 e. The Morgan fingerprint density at radius 3 is 2.07 bits per heavy atom. The Morgan fingerprint density at radius 1 is 1.21 bits per heavy atom. The summed E-state index contributed by atoms with van der Waals surface area (Å²) in [6.07, 6.45) is 2.64. The van der Waals surface area contributed by atoms with Crippen molar-refractivity contribution in [1.82, 2.24) is 0 Å². The van der Waals surface area contributed by atoms with Gasteiger partial charge in [-0.2, -0.15) is 0 Å². The predicted molar refractivity (Wildman–Crippen MR) is 66.8 cm³/mol. The minimum Gasteiger partial charge on any atom is -0.305 e. The molecular weight excluding hydrogens is 212 g/mol. The normalized spacial score (nSPS) is 13.0. The fourth-order valence-corrected chi connectivity index (χ4v) is 2.94. The molecule has 0 aromatic heterocycles. The van der Waals surface area contributed by atoms with E-state index in [2.05, 4.69) is 33.9 Å². The van der Waals surface area contributed by atoms with Gasteiger partial charge in [0.15, 0.2) is 0 Å². The van der Waals surface area contributed by atoms with Crippen LogP contribution in [0.3, 0.4) is 0 Å². The van der Waals surface area contributed by atoms with E-state index in [0.717, 1.165) is 19.3 Å². The summed E-state index contributed by atoms with van der Waals surface area (Å²) in [6, 6.07) is 0. The minimum atomic E-state index is -1.74. The van der Waals surface area contributed by atoms with Gasteiger partial charge in [-0.1, -0.05) is 33.9 Å². The molecule has 0 N–H and O–H groups in total. The van der Waals surface area contributed by atoms with Crippen LogP contribution in [-0.2, 0) is 4.79 Å². The van der Waals surface area contributed by atoms with Gasteiger partial charge in [-0.3, -0.25) is 0 Å². The predicted octanol–water partition coefficient (Wildman–Crippen LogP) is 4.01. The third-order valence-electron chi connectivity index (χ3n) is 3.36. The molecule has 0 atom stereocenters. The molecule has 3 heteroatoms. The molecule has 0 saturated heterocycles. The van der Waals surface area contributed by atoms with E-state index in [1.54, 1.807) is 0 Å². The Balaban J connectivity index is 4.23. The van der Waals surface area contributed by atoms with Crippen LogP contribution in [-0.4, -0.2) is 19.4 Å². The maximum Gasteiger partial charge on any atom is 0.132 e. The van der Waals surface area contributed by atoms with Crippen LogP contribution < -0.4 is 0 Å². The van der Waals surface area contributed by atoms with Crippen molar-refractivity contribution in [3.05, 3.63) is 0 Å². The first-order chi connectivity index (χ1) is 6.23. The van der Waals surface area contributed by atoms with Gasteiger partial charge in [0.1, 0.15) is 13.5 Å². The van der Waals surface area contributed by atoms with Gasteiger partial charge in [-0.15, -0.1) is 11.6 Å². The molecule has 14 heavy (non-hydrogen) atoms. The molecular formula is C11H23ClOSi. The topological polar surface area (TPSA) is 17.1 Å². The molecule has 1 nitrogen and oxygen atoms in total. The number of rotatable bonds is 5. The van der Waals surface area contributed by atoms with Gasteiger partial charge in [0.2, 0.25) is 0 Å². The van der Waals surface area contributed by atoms with Crippen molar-refractivity contribution in [2.75, 3.05) is 5.88 Å². The molecule has 0 aromatic rings. The van der Waals surface area contributed by atoms with Crippen molar-refractivity contribution in [3.63, 3.8) is 0 Å². The van der Waals surface area contributed by atoms with E-state index >= 15 is 0 Å². The maximum absolute atomic E-state index is 12.0. The summed E-state index contributed by atoms with van der Waals surface area (Å²) in [5, 5.41) is 0.667. The lowest BCUT2D eigenvalue weighted by atomic mass is 10.2. The van der Waals surface area contributed by atoms with Crippen LogP contribution in [0.15, 0.2) is 0 Å². The average molecular weight is 235 g/mol. The van der Waals surface area contributed by atoms with Gasteiger partial charge >= 0.3 is 0 Å². The van der Waals surface area contributed by atoms with Crippen LogP contribution in [0, 0.1) is 0 Å². The fourth-order valence-electron chi connectivity index (χ4n) is 1.11. The van der Waals surface area contributed by atoms with Crippen LogP contribution in [0.4, 0.5) is 0 Å². The number of hydrogen-bond donors (Lipinski definition) is 0. The van der Waals surface area contributed by atoms with Crippen molar-refractivity contribution in [2.45, 2.75) is 58.2 Å². The lowest BCUT2D eigenvalue weighted by Gasteiger charge is -2.35. The minimum absolute atomic E-state index is 0.172. The fraction of sp³-hybridized carbons (Fsp3) is 0.909. The lowest BCUT2D eigenvalue weighted by molar-refractivity contribution is -0.113. The SMILES string of the molecule is CC(C)(C)[Si](C)(C)C(=O)CCCCCl. The number of carbonyl (C=O) groups is 1. The van der Waals surface area contributed by atoms with Gasteiger partial charge < -0.3 is 4.79 Å². The summed E-state index contributed by atoms with van der Waals surface area (Å²) in [4.78, 5) is 12.0. The third-order valence-corrected chi connectivity index (χ3v) is 9.02. The van der Waals surface area contributed by atoms with Crippen LogP contribution in [0.25, 0.3) is 0 Å². The molecule has 0 saturated carbocycles. The summed E-state index contributed by atoms with van der Waals surface area (Å²) in [7, 11) is -1.74.